The van der Waals surface area contributed by atoms with E-state index in [1.54, 1.807) is 24.3 Å². The average molecular weight is 410 g/mol. The van der Waals surface area contributed by atoms with Crippen LogP contribution in [0.5, 0.6) is 5.75 Å². The minimum atomic E-state index is -0.626. The molecule has 5 nitrogen and oxygen atoms in total. The third kappa shape index (κ3) is 5.86. The molecule has 2 aromatic rings. The quantitative estimate of drug-likeness (QED) is 0.713. The lowest BCUT2D eigenvalue weighted by Crippen LogP contribution is -2.30. The highest BCUT2D eigenvalue weighted by Crippen LogP contribution is 2.23. The predicted molar refractivity (Wildman–Crippen MR) is 94.1 cm³/mol. The van der Waals surface area contributed by atoms with E-state index in [2.05, 4.69) is 21.2 Å². The lowest BCUT2D eigenvalue weighted by molar-refractivity contribution is -0.124. The minimum absolute atomic E-state index is 0.276. The van der Waals surface area contributed by atoms with Crippen molar-refractivity contribution in [3.63, 3.8) is 0 Å². The van der Waals surface area contributed by atoms with Crippen molar-refractivity contribution in [2.24, 2.45) is 0 Å². The van der Waals surface area contributed by atoms with Gasteiger partial charge in [-0.05, 0) is 58.2 Å². The molecular weight excluding hydrogens is 393 g/mol. The number of esters is 1. The summed E-state index contributed by atoms with van der Waals surface area (Å²) >= 11 is 3.26. The van der Waals surface area contributed by atoms with Crippen LogP contribution in [0.15, 0.2) is 46.9 Å². The standard InChI is InChI=1S/C18H17BrFNO4/c1-24-14-6-7-16(19)15(10-14)18(23)25-11-17(22)21-9-8-12-2-4-13(20)5-3-12/h2-7,10H,8-9,11H2,1H3,(H,21,22). The summed E-state index contributed by atoms with van der Waals surface area (Å²) in [6.07, 6.45) is 0.557. The summed E-state index contributed by atoms with van der Waals surface area (Å²) in [5, 5.41) is 2.64. The summed E-state index contributed by atoms with van der Waals surface area (Å²) in [5.41, 5.74) is 1.18. The first kappa shape index (κ1) is 18.9. The van der Waals surface area contributed by atoms with Gasteiger partial charge in [0.1, 0.15) is 11.6 Å². The lowest BCUT2D eigenvalue weighted by atomic mass is 10.1. The zero-order valence-corrected chi connectivity index (χ0v) is 15.1. The Hall–Kier alpha value is -2.41. The highest BCUT2D eigenvalue weighted by molar-refractivity contribution is 9.10. The number of halogens is 2. The number of carbonyl (C=O) groups excluding carboxylic acids is 2. The molecule has 0 aliphatic carbocycles. The number of hydrogen-bond acceptors (Lipinski definition) is 4. The molecule has 0 aromatic heterocycles. The molecule has 1 amide bonds. The molecule has 25 heavy (non-hydrogen) atoms. The van der Waals surface area contributed by atoms with Crippen LogP contribution in [0.25, 0.3) is 0 Å². The summed E-state index contributed by atoms with van der Waals surface area (Å²) in [7, 11) is 1.49. The topological polar surface area (TPSA) is 64.6 Å². The van der Waals surface area contributed by atoms with Crippen molar-refractivity contribution < 1.29 is 23.5 Å². The van der Waals surface area contributed by atoms with Crippen molar-refractivity contribution in [2.45, 2.75) is 6.42 Å². The van der Waals surface area contributed by atoms with Crippen LogP contribution in [0.4, 0.5) is 4.39 Å². The molecule has 7 heteroatoms. The second kappa shape index (κ2) is 9.17. The molecule has 0 spiro atoms. The number of carbonyl (C=O) groups is 2. The second-order valence-electron chi connectivity index (χ2n) is 5.15. The van der Waals surface area contributed by atoms with Gasteiger partial charge in [0.25, 0.3) is 5.91 Å². The Bertz CT molecular complexity index is 749. The fraction of sp³-hybridized carbons (Fsp3) is 0.222. The first-order chi connectivity index (χ1) is 12.0. The van der Waals surface area contributed by atoms with Crippen molar-refractivity contribution in [3.05, 3.63) is 63.9 Å². The van der Waals surface area contributed by atoms with Gasteiger partial charge in [0.05, 0.1) is 12.7 Å². The van der Waals surface area contributed by atoms with Crippen molar-refractivity contribution in [3.8, 4) is 5.75 Å². The van der Waals surface area contributed by atoms with Crippen LogP contribution in [0.1, 0.15) is 15.9 Å². The van der Waals surface area contributed by atoms with Crippen LogP contribution in [0.3, 0.4) is 0 Å². The molecule has 0 atom stereocenters. The third-order valence-corrected chi connectivity index (χ3v) is 4.07. The van der Waals surface area contributed by atoms with Crippen molar-refractivity contribution >= 4 is 27.8 Å². The Kier molecular flexibility index (Phi) is 6.94. The second-order valence-corrected chi connectivity index (χ2v) is 6.00. The Morgan fingerprint density at radius 2 is 1.88 bits per heavy atom. The van der Waals surface area contributed by atoms with Gasteiger partial charge in [-0.1, -0.05) is 12.1 Å². The molecule has 2 rings (SSSR count). The van der Waals surface area contributed by atoms with Gasteiger partial charge in [0.15, 0.2) is 6.61 Å². The largest absolute Gasteiger partial charge is 0.497 e. The highest BCUT2D eigenvalue weighted by atomic mass is 79.9. The SMILES string of the molecule is COc1ccc(Br)c(C(=O)OCC(=O)NCCc2ccc(F)cc2)c1. The Morgan fingerprint density at radius 3 is 2.56 bits per heavy atom. The normalized spacial score (nSPS) is 10.2. The molecule has 2 aromatic carbocycles. The number of ether oxygens (including phenoxy) is 2. The molecule has 0 aliphatic rings. The van der Waals surface area contributed by atoms with Gasteiger partial charge < -0.3 is 14.8 Å². The summed E-state index contributed by atoms with van der Waals surface area (Å²) in [4.78, 5) is 23.8. The molecule has 0 radical (unpaired) electrons. The summed E-state index contributed by atoms with van der Waals surface area (Å²) < 4.78 is 23.4. The van der Waals surface area contributed by atoms with E-state index in [0.29, 0.717) is 23.2 Å². The van der Waals surface area contributed by atoms with Crippen LogP contribution in [0.2, 0.25) is 0 Å². The van der Waals surface area contributed by atoms with Crippen molar-refractivity contribution in [2.75, 3.05) is 20.3 Å². The van der Waals surface area contributed by atoms with E-state index in [-0.39, 0.29) is 18.0 Å². The van der Waals surface area contributed by atoms with Gasteiger partial charge in [-0.2, -0.15) is 0 Å². The molecule has 0 bridgehead atoms. The van der Waals surface area contributed by atoms with E-state index >= 15 is 0 Å². The van der Waals surface area contributed by atoms with E-state index in [1.807, 2.05) is 0 Å². The summed E-state index contributed by atoms with van der Waals surface area (Å²) in [6, 6.07) is 10.9. The Morgan fingerprint density at radius 1 is 1.16 bits per heavy atom. The van der Waals surface area contributed by atoms with Crippen LogP contribution in [-0.2, 0) is 16.0 Å². The maximum Gasteiger partial charge on any atom is 0.339 e. The smallest absolute Gasteiger partial charge is 0.339 e. The predicted octanol–water partition coefficient (Wildman–Crippen LogP) is 3.11. The maximum absolute atomic E-state index is 12.8. The van der Waals surface area contributed by atoms with Crippen molar-refractivity contribution in [1.29, 1.82) is 0 Å². The van der Waals surface area contributed by atoms with Gasteiger partial charge in [0.2, 0.25) is 0 Å². The highest BCUT2D eigenvalue weighted by Gasteiger charge is 2.14. The first-order valence-electron chi connectivity index (χ1n) is 7.51. The number of amides is 1. The number of methoxy groups -OCH3 is 1. The molecule has 0 aliphatic heterocycles. The molecule has 0 saturated carbocycles. The van der Waals surface area contributed by atoms with Crippen LogP contribution < -0.4 is 10.1 Å². The van der Waals surface area contributed by atoms with Gasteiger partial charge in [-0.25, -0.2) is 9.18 Å². The van der Waals surface area contributed by atoms with E-state index in [0.717, 1.165) is 5.56 Å². The van der Waals surface area contributed by atoms with Gasteiger partial charge in [-0.15, -0.1) is 0 Å². The molecule has 0 fully saturated rings. The Labute approximate surface area is 153 Å². The molecule has 0 heterocycles. The number of rotatable bonds is 7. The van der Waals surface area contributed by atoms with Gasteiger partial charge >= 0.3 is 5.97 Å². The monoisotopic (exact) mass is 409 g/mol. The zero-order valence-electron chi connectivity index (χ0n) is 13.6. The lowest BCUT2D eigenvalue weighted by Gasteiger charge is -2.09. The fourth-order valence-electron chi connectivity index (χ4n) is 2.04. The maximum atomic E-state index is 12.8. The van der Waals surface area contributed by atoms with Crippen LogP contribution in [-0.4, -0.2) is 32.1 Å². The number of benzene rings is 2. The Balaban J connectivity index is 1.77. The molecule has 132 valence electrons. The van der Waals surface area contributed by atoms with Crippen LogP contribution >= 0.6 is 15.9 Å². The third-order valence-electron chi connectivity index (χ3n) is 3.38. The van der Waals surface area contributed by atoms with E-state index in [9.17, 15) is 14.0 Å². The van der Waals surface area contributed by atoms with E-state index in [1.165, 1.54) is 25.3 Å². The van der Waals surface area contributed by atoms with Gasteiger partial charge in [-0.3, -0.25) is 4.79 Å². The summed E-state index contributed by atoms with van der Waals surface area (Å²) in [5.74, 6) is -0.823. The van der Waals surface area contributed by atoms with Gasteiger partial charge in [0, 0.05) is 11.0 Å². The molecule has 0 unspecified atom stereocenters. The fourth-order valence-corrected chi connectivity index (χ4v) is 2.45. The van der Waals surface area contributed by atoms with Crippen LogP contribution in [0, 0.1) is 5.82 Å². The van der Waals surface area contributed by atoms with Crippen molar-refractivity contribution in [1.82, 2.24) is 5.32 Å². The van der Waals surface area contributed by atoms with E-state index < -0.39 is 11.9 Å². The minimum Gasteiger partial charge on any atom is -0.497 e. The summed E-state index contributed by atoms with van der Waals surface area (Å²) in [6.45, 7) is -0.0171. The van der Waals surface area contributed by atoms with E-state index in [4.69, 9.17) is 9.47 Å². The number of hydrogen-bond donors (Lipinski definition) is 1. The number of nitrogens with one attached hydrogen (secondary N) is 1. The molecule has 1 N–H and O–H groups in total. The zero-order chi connectivity index (χ0) is 18.2. The molecule has 0 saturated heterocycles. The average Bonchev–Trinajstić information content (AvgIpc) is 2.62. The molecular formula is C18H17BrFNO4. The first-order valence-corrected chi connectivity index (χ1v) is 8.30.